The van der Waals surface area contributed by atoms with E-state index in [2.05, 4.69) is 26.1 Å². The van der Waals surface area contributed by atoms with Gasteiger partial charge in [0.15, 0.2) is 0 Å². The lowest BCUT2D eigenvalue weighted by Crippen LogP contribution is -2.47. The zero-order valence-corrected chi connectivity index (χ0v) is 10.2. The third-order valence-corrected chi connectivity index (χ3v) is 2.23. The molecule has 0 bridgehead atoms. The van der Waals surface area contributed by atoms with Gasteiger partial charge in [-0.15, -0.1) is 0 Å². The SMILES string of the molecule is CCNC(COC)C(OCC)C(C)C. The van der Waals surface area contributed by atoms with Crippen LogP contribution in [0.3, 0.4) is 0 Å². The molecule has 0 aromatic heterocycles. The van der Waals surface area contributed by atoms with E-state index in [4.69, 9.17) is 9.47 Å². The van der Waals surface area contributed by atoms with Gasteiger partial charge in [0.05, 0.1) is 18.8 Å². The second kappa shape index (κ2) is 8.21. The van der Waals surface area contributed by atoms with Crippen molar-refractivity contribution in [3.05, 3.63) is 0 Å². The van der Waals surface area contributed by atoms with Crippen molar-refractivity contribution >= 4 is 0 Å². The van der Waals surface area contributed by atoms with E-state index in [0.29, 0.717) is 18.6 Å². The fraction of sp³-hybridized carbons (Fsp3) is 1.00. The highest BCUT2D eigenvalue weighted by Gasteiger charge is 2.23. The van der Waals surface area contributed by atoms with Crippen LogP contribution < -0.4 is 5.32 Å². The standard InChI is InChI=1S/C11H25NO2/c1-6-12-10(8-13-5)11(9(3)4)14-7-2/h9-12H,6-8H2,1-5H3. The second-order valence-corrected chi connectivity index (χ2v) is 3.78. The maximum atomic E-state index is 5.73. The molecule has 14 heavy (non-hydrogen) atoms. The highest BCUT2D eigenvalue weighted by Crippen LogP contribution is 2.11. The van der Waals surface area contributed by atoms with Crippen LogP contribution in [0.25, 0.3) is 0 Å². The maximum absolute atomic E-state index is 5.73. The molecule has 0 aliphatic rings. The molecule has 3 nitrogen and oxygen atoms in total. The van der Waals surface area contributed by atoms with Crippen molar-refractivity contribution in [2.75, 3.05) is 26.9 Å². The summed E-state index contributed by atoms with van der Waals surface area (Å²) in [5, 5.41) is 3.40. The Morgan fingerprint density at radius 1 is 1.21 bits per heavy atom. The molecule has 86 valence electrons. The zero-order valence-electron chi connectivity index (χ0n) is 10.2. The van der Waals surface area contributed by atoms with Gasteiger partial charge in [0.2, 0.25) is 0 Å². The van der Waals surface area contributed by atoms with Crippen molar-refractivity contribution < 1.29 is 9.47 Å². The molecule has 0 aliphatic heterocycles. The van der Waals surface area contributed by atoms with Crippen LogP contribution in [-0.4, -0.2) is 39.0 Å². The first-order chi connectivity index (χ1) is 6.67. The number of hydrogen-bond donors (Lipinski definition) is 1. The third kappa shape index (κ3) is 4.94. The molecule has 0 aliphatic carbocycles. The van der Waals surface area contributed by atoms with Crippen molar-refractivity contribution in [3.63, 3.8) is 0 Å². The summed E-state index contributed by atoms with van der Waals surface area (Å²) >= 11 is 0. The molecule has 3 heteroatoms. The van der Waals surface area contributed by atoms with Gasteiger partial charge in [-0.05, 0) is 19.4 Å². The van der Waals surface area contributed by atoms with Crippen molar-refractivity contribution in [2.45, 2.75) is 39.8 Å². The summed E-state index contributed by atoms with van der Waals surface area (Å²) in [5.74, 6) is 0.508. The smallest absolute Gasteiger partial charge is 0.0773 e. The van der Waals surface area contributed by atoms with Crippen LogP contribution in [0.5, 0.6) is 0 Å². The molecule has 0 radical (unpaired) electrons. The van der Waals surface area contributed by atoms with Gasteiger partial charge >= 0.3 is 0 Å². The highest BCUT2D eigenvalue weighted by molar-refractivity contribution is 4.79. The average molecular weight is 203 g/mol. The van der Waals surface area contributed by atoms with Crippen molar-refractivity contribution in [1.29, 1.82) is 0 Å². The summed E-state index contributed by atoms with van der Waals surface area (Å²) < 4.78 is 10.9. The third-order valence-electron chi connectivity index (χ3n) is 2.23. The van der Waals surface area contributed by atoms with Crippen LogP contribution in [0.15, 0.2) is 0 Å². The van der Waals surface area contributed by atoms with E-state index in [9.17, 15) is 0 Å². The van der Waals surface area contributed by atoms with Crippen LogP contribution >= 0.6 is 0 Å². The van der Waals surface area contributed by atoms with Gasteiger partial charge in [0, 0.05) is 13.7 Å². The summed E-state index contributed by atoms with van der Waals surface area (Å²) in [5.41, 5.74) is 0. The first-order valence-electron chi connectivity index (χ1n) is 5.51. The maximum Gasteiger partial charge on any atom is 0.0773 e. The average Bonchev–Trinajstić information content (AvgIpc) is 2.13. The predicted octanol–water partition coefficient (Wildman–Crippen LogP) is 1.67. The lowest BCUT2D eigenvalue weighted by molar-refractivity contribution is -0.0163. The minimum Gasteiger partial charge on any atom is -0.383 e. The van der Waals surface area contributed by atoms with Gasteiger partial charge in [0.25, 0.3) is 0 Å². The summed E-state index contributed by atoms with van der Waals surface area (Å²) in [6.45, 7) is 10.9. The second-order valence-electron chi connectivity index (χ2n) is 3.78. The predicted molar refractivity (Wildman–Crippen MR) is 59.6 cm³/mol. The van der Waals surface area contributed by atoms with E-state index in [0.717, 1.165) is 13.2 Å². The minimum absolute atomic E-state index is 0.236. The molecule has 0 heterocycles. The monoisotopic (exact) mass is 203 g/mol. The van der Waals surface area contributed by atoms with Crippen LogP contribution in [0.2, 0.25) is 0 Å². The summed E-state index contributed by atoms with van der Waals surface area (Å²) in [6, 6.07) is 0.296. The number of rotatable bonds is 8. The first-order valence-corrected chi connectivity index (χ1v) is 5.51. The Hall–Kier alpha value is -0.120. The Morgan fingerprint density at radius 3 is 2.21 bits per heavy atom. The van der Waals surface area contributed by atoms with E-state index in [-0.39, 0.29) is 6.10 Å². The number of likely N-dealkylation sites (N-methyl/N-ethyl adjacent to an activating group) is 1. The van der Waals surface area contributed by atoms with Crippen molar-refractivity contribution in [1.82, 2.24) is 5.32 Å². The first kappa shape index (κ1) is 13.9. The Morgan fingerprint density at radius 2 is 1.86 bits per heavy atom. The molecular weight excluding hydrogens is 178 g/mol. The summed E-state index contributed by atoms with van der Waals surface area (Å²) in [7, 11) is 1.73. The van der Waals surface area contributed by atoms with E-state index < -0.39 is 0 Å². The largest absolute Gasteiger partial charge is 0.383 e. The molecule has 2 atom stereocenters. The number of ether oxygens (including phenoxy) is 2. The van der Waals surface area contributed by atoms with Gasteiger partial charge in [-0.3, -0.25) is 0 Å². The number of methoxy groups -OCH3 is 1. The molecule has 0 aromatic rings. The molecular formula is C11H25NO2. The normalized spacial score (nSPS) is 15.9. The van der Waals surface area contributed by atoms with Crippen LogP contribution in [0.1, 0.15) is 27.7 Å². The Kier molecular flexibility index (Phi) is 8.14. The molecule has 0 fully saturated rings. The van der Waals surface area contributed by atoms with Gasteiger partial charge in [-0.1, -0.05) is 20.8 Å². The molecule has 0 amide bonds. The molecule has 0 saturated heterocycles. The van der Waals surface area contributed by atoms with E-state index >= 15 is 0 Å². The van der Waals surface area contributed by atoms with Crippen LogP contribution in [0.4, 0.5) is 0 Å². The van der Waals surface area contributed by atoms with Crippen LogP contribution in [0, 0.1) is 5.92 Å². The van der Waals surface area contributed by atoms with Crippen LogP contribution in [-0.2, 0) is 9.47 Å². The molecule has 0 spiro atoms. The van der Waals surface area contributed by atoms with E-state index in [1.807, 2.05) is 6.92 Å². The molecule has 2 unspecified atom stereocenters. The summed E-state index contributed by atoms with van der Waals surface area (Å²) in [4.78, 5) is 0. The molecule has 0 saturated carbocycles. The minimum atomic E-state index is 0.236. The number of hydrogen-bond acceptors (Lipinski definition) is 3. The fourth-order valence-electron chi connectivity index (χ4n) is 1.68. The topological polar surface area (TPSA) is 30.5 Å². The Bertz CT molecular complexity index is 122. The Labute approximate surface area is 88.2 Å². The number of nitrogens with one attached hydrogen (secondary N) is 1. The molecule has 0 aromatic carbocycles. The van der Waals surface area contributed by atoms with Gasteiger partial charge in [-0.2, -0.15) is 0 Å². The quantitative estimate of drug-likeness (QED) is 0.651. The van der Waals surface area contributed by atoms with Gasteiger partial charge in [0.1, 0.15) is 0 Å². The van der Waals surface area contributed by atoms with Gasteiger partial charge in [-0.25, -0.2) is 0 Å². The molecule has 1 N–H and O–H groups in total. The summed E-state index contributed by atoms with van der Waals surface area (Å²) in [6.07, 6.45) is 0.236. The van der Waals surface area contributed by atoms with Crippen molar-refractivity contribution in [3.8, 4) is 0 Å². The van der Waals surface area contributed by atoms with Gasteiger partial charge < -0.3 is 14.8 Å². The lowest BCUT2D eigenvalue weighted by atomic mass is 10.00. The van der Waals surface area contributed by atoms with E-state index in [1.165, 1.54) is 0 Å². The molecule has 0 rings (SSSR count). The fourth-order valence-corrected chi connectivity index (χ4v) is 1.68. The highest BCUT2D eigenvalue weighted by atomic mass is 16.5. The van der Waals surface area contributed by atoms with E-state index in [1.54, 1.807) is 7.11 Å². The zero-order chi connectivity index (χ0) is 11.0. The lowest BCUT2D eigenvalue weighted by Gasteiger charge is -2.30. The Balaban J connectivity index is 4.21. The van der Waals surface area contributed by atoms with Crippen molar-refractivity contribution in [2.24, 2.45) is 5.92 Å².